The van der Waals surface area contributed by atoms with Crippen LogP contribution < -0.4 is 4.90 Å². The highest BCUT2D eigenvalue weighted by Crippen LogP contribution is 2.32. The standard InChI is InChI=1S/C10H9ClN4O2S2/c1-15(2)9-13-14-10(19-9)18-7-4-5(8(16)17)3-6(11)12-7/h3-4H,1-2H3,(H,16,17). The van der Waals surface area contributed by atoms with Crippen molar-refractivity contribution in [1.29, 1.82) is 0 Å². The smallest absolute Gasteiger partial charge is 0.335 e. The summed E-state index contributed by atoms with van der Waals surface area (Å²) < 4.78 is 0.676. The van der Waals surface area contributed by atoms with Gasteiger partial charge in [0.15, 0.2) is 4.34 Å². The highest BCUT2D eigenvalue weighted by atomic mass is 35.5. The second-order valence-electron chi connectivity index (χ2n) is 3.67. The Kier molecular flexibility index (Phi) is 4.23. The molecule has 0 aliphatic rings. The summed E-state index contributed by atoms with van der Waals surface area (Å²) in [5.74, 6) is -1.04. The molecule has 0 unspecified atom stereocenters. The maximum Gasteiger partial charge on any atom is 0.335 e. The lowest BCUT2D eigenvalue weighted by Gasteiger charge is -2.03. The molecule has 9 heteroatoms. The third kappa shape index (κ3) is 3.55. The van der Waals surface area contributed by atoms with E-state index in [0.29, 0.717) is 9.37 Å². The molecule has 2 rings (SSSR count). The van der Waals surface area contributed by atoms with Gasteiger partial charge in [0, 0.05) is 14.1 Å². The van der Waals surface area contributed by atoms with E-state index in [9.17, 15) is 4.79 Å². The molecule has 2 aromatic rings. The fraction of sp³-hybridized carbons (Fsp3) is 0.200. The third-order valence-electron chi connectivity index (χ3n) is 1.99. The van der Waals surface area contributed by atoms with E-state index < -0.39 is 5.97 Å². The van der Waals surface area contributed by atoms with E-state index in [2.05, 4.69) is 15.2 Å². The highest BCUT2D eigenvalue weighted by Gasteiger charge is 2.12. The first-order valence-corrected chi connectivity index (χ1v) is 7.06. The van der Waals surface area contributed by atoms with Crippen molar-refractivity contribution in [3.63, 3.8) is 0 Å². The van der Waals surface area contributed by atoms with Crippen LogP contribution in [0, 0.1) is 0 Å². The Morgan fingerprint density at radius 2 is 2.16 bits per heavy atom. The molecule has 0 aliphatic heterocycles. The average Bonchev–Trinajstić information content (AvgIpc) is 2.76. The molecule has 0 aliphatic carbocycles. The maximum atomic E-state index is 10.9. The van der Waals surface area contributed by atoms with Crippen LogP contribution in [-0.4, -0.2) is 40.4 Å². The van der Waals surface area contributed by atoms with Crippen LogP contribution in [0.2, 0.25) is 5.15 Å². The van der Waals surface area contributed by atoms with E-state index in [1.165, 1.54) is 35.2 Å². The van der Waals surface area contributed by atoms with Crippen LogP contribution in [-0.2, 0) is 0 Å². The zero-order valence-corrected chi connectivity index (χ0v) is 12.4. The van der Waals surface area contributed by atoms with Crippen molar-refractivity contribution in [1.82, 2.24) is 15.2 Å². The Hall–Kier alpha value is -1.38. The first-order valence-electron chi connectivity index (χ1n) is 5.05. The van der Waals surface area contributed by atoms with Crippen LogP contribution in [0.3, 0.4) is 0 Å². The topological polar surface area (TPSA) is 79.2 Å². The molecule has 0 saturated carbocycles. The molecular weight excluding hydrogens is 308 g/mol. The van der Waals surface area contributed by atoms with Crippen LogP contribution in [0.4, 0.5) is 5.13 Å². The highest BCUT2D eigenvalue weighted by molar-refractivity contribution is 8.01. The van der Waals surface area contributed by atoms with E-state index in [0.717, 1.165) is 5.13 Å². The maximum absolute atomic E-state index is 10.9. The molecule has 0 amide bonds. The fourth-order valence-electron chi connectivity index (χ4n) is 1.16. The molecule has 0 fully saturated rings. The summed E-state index contributed by atoms with van der Waals surface area (Å²) in [5, 5.41) is 18.3. The summed E-state index contributed by atoms with van der Waals surface area (Å²) in [5.41, 5.74) is 0.0971. The summed E-state index contributed by atoms with van der Waals surface area (Å²) in [6.07, 6.45) is 0. The second kappa shape index (κ2) is 5.72. The number of carboxylic acids is 1. The third-order valence-corrected chi connectivity index (χ3v) is 4.24. The Morgan fingerprint density at radius 1 is 1.42 bits per heavy atom. The van der Waals surface area contributed by atoms with Crippen molar-refractivity contribution < 1.29 is 9.90 Å². The number of anilines is 1. The number of hydrogen-bond acceptors (Lipinski definition) is 7. The van der Waals surface area contributed by atoms with Gasteiger partial charge in [-0.3, -0.25) is 0 Å². The molecule has 6 nitrogen and oxygen atoms in total. The lowest BCUT2D eigenvalue weighted by Crippen LogP contribution is -2.07. The number of halogens is 1. The number of carboxylic acid groups (broad SMARTS) is 1. The Bertz CT molecular complexity index is 617. The quantitative estimate of drug-likeness (QED) is 0.868. The number of aromatic carboxylic acids is 1. The minimum atomic E-state index is -1.04. The summed E-state index contributed by atoms with van der Waals surface area (Å²) in [4.78, 5) is 16.8. The molecule has 0 aromatic carbocycles. The second-order valence-corrected chi connectivity index (χ2v) is 6.28. The molecule has 100 valence electrons. The molecule has 1 N–H and O–H groups in total. The lowest BCUT2D eigenvalue weighted by atomic mass is 10.3. The van der Waals surface area contributed by atoms with Crippen molar-refractivity contribution in [3.05, 3.63) is 22.8 Å². The molecular formula is C10H9ClN4O2S2. The lowest BCUT2D eigenvalue weighted by molar-refractivity contribution is 0.0696. The molecule has 2 aromatic heterocycles. The van der Waals surface area contributed by atoms with Crippen LogP contribution in [0.5, 0.6) is 0 Å². The minimum absolute atomic E-state index is 0.0971. The molecule has 0 saturated heterocycles. The van der Waals surface area contributed by atoms with Gasteiger partial charge < -0.3 is 10.0 Å². The van der Waals surface area contributed by atoms with Crippen LogP contribution >= 0.6 is 34.7 Å². The summed E-state index contributed by atoms with van der Waals surface area (Å²) >= 11 is 8.41. The Labute approximate surface area is 122 Å². The van der Waals surface area contributed by atoms with Gasteiger partial charge in [0.1, 0.15) is 10.2 Å². The monoisotopic (exact) mass is 316 g/mol. The van der Waals surface area contributed by atoms with Gasteiger partial charge in [-0.2, -0.15) is 0 Å². The van der Waals surface area contributed by atoms with Gasteiger partial charge in [0.05, 0.1) is 5.56 Å². The van der Waals surface area contributed by atoms with E-state index in [4.69, 9.17) is 16.7 Å². The first kappa shape index (κ1) is 14.0. The van der Waals surface area contributed by atoms with E-state index >= 15 is 0 Å². The molecule has 0 radical (unpaired) electrons. The number of rotatable bonds is 4. The SMILES string of the molecule is CN(C)c1nnc(Sc2cc(C(=O)O)cc(Cl)n2)s1. The van der Waals surface area contributed by atoms with E-state index in [1.54, 1.807) is 0 Å². The van der Waals surface area contributed by atoms with Gasteiger partial charge >= 0.3 is 5.97 Å². The van der Waals surface area contributed by atoms with Gasteiger partial charge in [-0.1, -0.05) is 22.9 Å². The van der Waals surface area contributed by atoms with Crippen molar-refractivity contribution in [2.24, 2.45) is 0 Å². The Morgan fingerprint density at radius 3 is 2.74 bits per heavy atom. The molecule has 0 atom stereocenters. The normalized spacial score (nSPS) is 10.5. The summed E-state index contributed by atoms with van der Waals surface area (Å²) in [7, 11) is 3.74. The van der Waals surface area contributed by atoms with Gasteiger partial charge in [-0.15, -0.1) is 10.2 Å². The van der Waals surface area contributed by atoms with E-state index in [-0.39, 0.29) is 10.7 Å². The van der Waals surface area contributed by atoms with Gasteiger partial charge in [0.2, 0.25) is 5.13 Å². The van der Waals surface area contributed by atoms with Crippen molar-refractivity contribution >= 4 is 45.8 Å². The summed E-state index contributed by atoms with van der Waals surface area (Å²) in [6.45, 7) is 0. The number of nitrogens with zero attached hydrogens (tertiary/aromatic N) is 4. The number of hydrogen-bond donors (Lipinski definition) is 1. The first-order chi connectivity index (χ1) is 8.95. The van der Waals surface area contributed by atoms with Crippen molar-refractivity contribution in [3.8, 4) is 0 Å². The van der Waals surface area contributed by atoms with Crippen molar-refractivity contribution in [2.75, 3.05) is 19.0 Å². The van der Waals surface area contributed by atoms with Crippen LogP contribution in [0.1, 0.15) is 10.4 Å². The van der Waals surface area contributed by atoms with Gasteiger partial charge in [-0.05, 0) is 23.9 Å². The number of pyridine rings is 1. The largest absolute Gasteiger partial charge is 0.478 e. The zero-order valence-electron chi connectivity index (χ0n) is 9.99. The molecule has 2 heterocycles. The molecule has 0 spiro atoms. The van der Waals surface area contributed by atoms with Crippen molar-refractivity contribution in [2.45, 2.75) is 9.37 Å². The minimum Gasteiger partial charge on any atom is -0.478 e. The van der Waals surface area contributed by atoms with Gasteiger partial charge in [-0.25, -0.2) is 9.78 Å². The van der Waals surface area contributed by atoms with Gasteiger partial charge in [0.25, 0.3) is 0 Å². The summed E-state index contributed by atoms with van der Waals surface area (Å²) in [6, 6.07) is 2.76. The van der Waals surface area contributed by atoms with Crippen LogP contribution in [0.25, 0.3) is 0 Å². The zero-order chi connectivity index (χ0) is 14.0. The van der Waals surface area contributed by atoms with E-state index in [1.807, 2.05) is 19.0 Å². The number of aromatic nitrogens is 3. The molecule has 0 bridgehead atoms. The average molecular weight is 317 g/mol. The predicted molar refractivity (Wildman–Crippen MR) is 74.6 cm³/mol. The predicted octanol–water partition coefficient (Wildman–Crippen LogP) is 2.50. The molecule has 19 heavy (non-hydrogen) atoms. The van der Waals surface area contributed by atoms with Crippen LogP contribution in [0.15, 0.2) is 21.5 Å². The number of carbonyl (C=O) groups is 1. The Balaban J connectivity index is 2.24. The fourth-order valence-corrected chi connectivity index (χ4v) is 3.16.